The quantitative estimate of drug-likeness (QED) is 0.870. The average Bonchev–Trinajstić information content (AvgIpc) is 3.11. The second-order valence-corrected chi connectivity index (χ2v) is 5.61. The lowest BCUT2D eigenvalue weighted by molar-refractivity contribution is 0.0712. The van der Waals surface area contributed by atoms with Crippen LogP contribution in [0.5, 0.6) is 0 Å². The number of halogens is 1. The summed E-state index contributed by atoms with van der Waals surface area (Å²) < 4.78 is 3.67. The molecule has 3 heterocycles. The number of rotatable bonds is 3. The Kier molecular flexibility index (Phi) is 3.53. The van der Waals surface area contributed by atoms with Crippen molar-refractivity contribution in [3.63, 3.8) is 0 Å². The smallest absolute Gasteiger partial charge is 0.270 e. The fourth-order valence-corrected chi connectivity index (χ4v) is 3.05. The fraction of sp³-hybridized carbons (Fsp3) is 0.429. The van der Waals surface area contributed by atoms with E-state index in [1.807, 2.05) is 28.9 Å². The third kappa shape index (κ3) is 2.45. The topological polar surface area (TPSA) is 43.1 Å². The van der Waals surface area contributed by atoms with Gasteiger partial charge < -0.3 is 9.47 Å². The Labute approximate surface area is 122 Å². The molecule has 0 bridgehead atoms. The van der Waals surface area contributed by atoms with E-state index in [1.165, 1.54) is 0 Å². The van der Waals surface area contributed by atoms with Crippen molar-refractivity contribution in [2.45, 2.75) is 25.4 Å². The third-order valence-corrected chi connectivity index (χ3v) is 3.99. The van der Waals surface area contributed by atoms with Crippen molar-refractivity contribution in [3.8, 4) is 0 Å². The molecule has 6 heteroatoms. The lowest BCUT2D eigenvalue weighted by Crippen LogP contribution is -2.38. The maximum Gasteiger partial charge on any atom is 0.270 e. The van der Waals surface area contributed by atoms with E-state index in [4.69, 9.17) is 11.6 Å². The minimum Gasteiger partial charge on any atom is -0.345 e. The zero-order chi connectivity index (χ0) is 14.1. The number of aryl methyl sites for hydroxylation is 1. The van der Waals surface area contributed by atoms with Crippen molar-refractivity contribution in [2.75, 3.05) is 6.54 Å². The minimum absolute atomic E-state index is 0.0501. The molecule has 0 aromatic carbocycles. The summed E-state index contributed by atoms with van der Waals surface area (Å²) in [6.45, 7) is 1.55. The molecule has 1 unspecified atom stereocenters. The lowest BCUT2D eigenvalue weighted by atomic mass is 10.2. The number of hydrogen-bond acceptors (Lipinski definition) is 2. The van der Waals surface area contributed by atoms with E-state index in [1.54, 1.807) is 23.0 Å². The predicted molar refractivity (Wildman–Crippen MR) is 76.7 cm³/mol. The number of hydrogen-bond donors (Lipinski definition) is 0. The molecule has 1 saturated heterocycles. The Hall–Kier alpha value is -1.75. The number of aromatic nitrogens is 3. The Bertz CT molecular complexity index is 605. The number of amides is 1. The molecule has 106 valence electrons. The van der Waals surface area contributed by atoms with E-state index < -0.39 is 0 Å². The van der Waals surface area contributed by atoms with Crippen LogP contribution in [0.2, 0.25) is 5.02 Å². The van der Waals surface area contributed by atoms with Crippen LogP contribution in [0.1, 0.15) is 23.3 Å². The second kappa shape index (κ2) is 5.32. The van der Waals surface area contributed by atoms with Gasteiger partial charge in [-0.25, -0.2) is 0 Å². The molecule has 1 fully saturated rings. The summed E-state index contributed by atoms with van der Waals surface area (Å²) >= 11 is 5.96. The highest BCUT2D eigenvalue weighted by atomic mass is 35.5. The summed E-state index contributed by atoms with van der Waals surface area (Å²) in [4.78, 5) is 14.6. The largest absolute Gasteiger partial charge is 0.345 e. The molecule has 2 aromatic heterocycles. The van der Waals surface area contributed by atoms with Gasteiger partial charge >= 0.3 is 0 Å². The molecule has 3 rings (SSSR count). The van der Waals surface area contributed by atoms with Gasteiger partial charge in [-0.15, -0.1) is 0 Å². The lowest BCUT2D eigenvalue weighted by Gasteiger charge is -2.24. The van der Waals surface area contributed by atoms with Crippen LogP contribution < -0.4 is 0 Å². The first kappa shape index (κ1) is 13.2. The molecule has 5 nitrogen and oxygen atoms in total. The molecule has 20 heavy (non-hydrogen) atoms. The standard InChI is InChI=1S/C14H17ClN4O/c1-17-9-11(15)8-13(17)14(20)19-7-2-4-12(19)10-18-6-3-5-16-18/h3,5-6,8-9,12H,2,4,7,10H2,1H3. The van der Waals surface area contributed by atoms with Crippen LogP contribution in [0.3, 0.4) is 0 Å². The van der Waals surface area contributed by atoms with Gasteiger partial charge in [-0.3, -0.25) is 9.48 Å². The molecule has 1 aliphatic heterocycles. The zero-order valence-corrected chi connectivity index (χ0v) is 12.1. The summed E-state index contributed by atoms with van der Waals surface area (Å²) in [5.41, 5.74) is 0.641. The van der Waals surface area contributed by atoms with E-state index in [2.05, 4.69) is 5.10 Å². The van der Waals surface area contributed by atoms with Crippen LogP contribution in [-0.2, 0) is 13.6 Å². The minimum atomic E-state index is 0.0501. The maximum atomic E-state index is 12.6. The van der Waals surface area contributed by atoms with Crippen molar-refractivity contribution in [3.05, 3.63) is 41.4 Å². The van der Waals surface area contributed by atoms with E-state index in [0.29, 0.717) is 10.7 Å². The molecule has 0 saturated carbocycles. The van der Waals surface area contributed by atoms with Crippen molar-refractivity contribution in [1.29, 1.82) is 0 Å². The zero-order valence-electron chi connectivity index (χ0n) is 11.4. The van der Waals surface area contributed by atoms with Gasteiger partial charge in [0.1, 0.15) is 5.69 Å². The van der Waals surface area contributed by atoms with Crippen LogP contribution in [-0.4, -0.2) is 37.7 Å². The van der Waals surface area contributed by atoms with Gasteiger partial charge in [0.15, 0.2) is 0 Å². The first-order chi connectivity index (χ1) is 9.65. The van der Waals surface area contributed by atoms with Crippen LogP contribution in [0.4, 0.5) is 0 Å². The van der Waals surface area contributed by atoms with Crippen LogP contribution in [0, 0.1) is 0 Å². The Morgan fingerprint density at radius 1 is 1.55 bits per heavy atom. The van der Waals surface area contributed by atoms with Crippen molar-refractivity contribution >= 4 is 17.5 Å². The average molecular weight is 293 g/mol. The van der Waals surface area contributed by atoms with Crippen LogP contribution in [0.15, 0.2) is 30.7 Å². The van der Waals surface area contributed by atoms with Crippen molar-refractivity contribution in [1.82, 2.24) is 19.2 Å². The van der Waals surface area contributed by atoms with Gasteiger partial charge in [0.25, 0.3) is 5.91 Å². The summed E-state index contributed by atoms with van der Waals surface area (Å²) in [5, 5.41) is 4.82. The van der Waals surface area contributed by atoms with Gasteiger partial charge in [-0.2, -0.15) is 5.10 Å². The first-order valence-electron chi connectivity index (χ1n) is 6.75. The number of carbonyl (C=O) groups excluding carboxylic acids is 1. The van der Waals surface area contributed by atoms with Crippen LogP contribution in [0.25, 0.3) is 0 Å². The fourth-order valence-electron chi connectivity index (χ4n) is 2.80. The number of nitrogens with zero attached hydrogens (tertiary/aromatic N) is 4. The van der Waals surface area contributed by atoms with E-state index in [-0.39, 0.29) is 11.9 Å². The van der Waals surface area contributed by atoms with E-state index in [0.717, 1.165) is 25.9 Å². The van der Waals surface area contributed by atoms with E-state index in [9.17, 15) is 4.79 Å². The molecule has 0 spiro atoms. The van der Waals surface area contributed by atoms with Crippen molar-refractivity contribution in [2.24, 2.45) is 7.05 Å². The SMILES string of the molecule is Cn1cc(Cl)cc1C(=O)N1CCCC1Cn1cccn1. The van der Waals surface area contributed by atoms with Gasteiger partial charge in [-0.1, -0.05) is 11.6 Å². The summed E-state index contributed by atoms with van der Waals surface area (Å²) in [7, 11) is 1.84. The molecular formula is C14H17ClN4O. The Balaban J connectivity index is 1.78. The van der Waals surface area contributed by atoms with Gasteiger partial charge in [0.05, 0.1) is 17.6 Å². The molecule has 1 aliphatic rings. The predicted octanol–water partition coefficient (Wildman–Crippen LogP) is 2.18. The number of likely N-dealkylation sites (tertiary alicyclic amines) is 1. The van der Waals surface area contributed by atoms with Gasteiger partial charge in [-0.05, 0) is 25.0 Å². The van der Waals surface area contributed by atoms with Crippen molar-refractivity contribution < 1.29 is 4.79 Å². The summed E-state index contributed by atoms with van der Waals surface area (Å²) in [6, 6.07) is 3.83. The first-order valence-corrected chi connectivity index (χ1v) is 7.13. The van der Waals surface area contributed by atoms with E-state index >= 15 is 0 Å². The molecule has 1 amide bonds. The molecule has 2 aromatic rings. The van der Waals surface area contributed by atoms with Gasteiger partial charge in [0.2, 0.25) is 0 Å². The molecule has 0 aliphatic carbocycles. The Morgan fingerprint density at radius 3 is 3.05 bits per heavy atom. The second-order valence-electron chi connectivity index (χ2n) is 5.18. The molecular weight excluding hydrogens is 276 g/mol. The molecule has 1 atom stereocenters. The summed E-state index contributed by atoms with van der Waals surface area (Å²) in [6.07, 6.45) is 7.51. The highest BCUT2D eigenvalue weighted by molar-refractivity contribution is 6.31. The normalized spacial score (nSPS) is 18.7. The number of carbonyl (C=O) groups is 1. The molecule has 0 N–H and O–H groups in total. The monoisotopic (exact) mass is 292 g/mol. The third-order valence-electron chi connectivity index (χ3n) is 3.79. The molecule has 0 radical (unpaired) electrons. The highest BCUT2D eigenvalue weighted by Gasteiger charge is 2.31. The van der Waals surface area contributed by atoms with Gasteiger partial charge in [0, 0.05) is 32.2 Å². The summed E-state index contributed by atoms with van der Waals surface area (Å²) in [5.74, 6) is 0.0501. The maximum absolute atomic E-state index is 12.6. The van der Waals surface area contributed by atoms with Crippen LogP contribution >= 0.6 is 11.6 Å². The highest BCUT2D eigenvalue weighted by Crippen LogP contribution is 2.23. The Morgan fingerprint density at radius 2 is 2.40 bits per heavy atom.